The molecule has 1 fully saturated rings. The zero-order chi connectivity index (χ0) is 15.5. The van der Waals surface area contributed by atoms with Crippen molar-refractivity contribution in [2.75, 3.05) is 6.54 Å². The van der Waals surface area contributed by atoms with Crippen LogP contribution in [0.2, 0.25) is 0 Å². The van der Waals surface area contributed by atoms with Gasteiger partial charge in [0.1, 0.15) is 11.7 Å². The molecule has 2 heterocycles. The average molecular weight is 292 g/mol. The lowest BCUT2D eigenvalue weighted by Crippen LogP contribution is -2.48. The molecule has 1 aliphatic rings. The third-order valence-electron chi connectivity index (χ3n) is 3.53. The lowest BCUT2D eigenvalue weighted by molar-refractivity contribution is -0.0177. The molecule has 116 valence electrons. The van der Waals surface area contributed by atoms with Crippen molar-refractivity contribution in [3.05, 3.63) is 30.1 Å². The maximum atomic E-state index is 12.3. The fourth-order valence-electron chi connectivity index (χ4n) is 2.58. The molecule has 0 aromatic carbocycles. The Kier molecular flexibility index (Phi) is 4.83. The van der Waals surface area contributed by atoms with Crippen LogP contribution in [-0.4, -0.2) is 39.3 Å². The molecule has 0 aliphatic carbocycles. The second-order valence-electron chi connectivity index (χ2n) is 6.44. The molecule has 2 unspecified atom stereocenters. The number of rotatable bonds is 2. The van der Waals surface area contributed by atoms with Crippen LogP contribution in [0.1, 0.15) is 51.8 Å². The molecule has 1 aromatic heterocycles. The van der Waals surface area contributed by atoms with Gasteiger partial charge in [0.15, 0.2) is 0 Å². The van der Waals surface area contributed by atoms with Gasteiger partial charge in [0.2, 0.25) is 0 Å². The summed E-state index contributed by atoms with van der Waals surface area (Å²) < 4.78 is 5.45. The molecular formula is C16H24N2O3. The smallest absolute Gasteiger partial charge is 0.410 e. The third kappa shape index (κ3) is 4.17. The van der Waals surface area contributed by atoms with Crippen molar-refractivity contribution in [1.29, 1.82) is 0 Å². The van der Waals surface area contributed by atoms with E-state index >= 15 is 0 Å². The minimum Gasteiger partial charge on any atom is -0.444 e. The first-order valence-electron chi connectivity index (χ1n) is 7.47. The maximum Gasteiger partial charge on any atom is 0.410 e. The zero-order valence-corrected chi connectivity index (χ0v) is 13.0. The molecule has 0 saturated carbocycles. The minimum atomic E-state index is -0.779. The molecule has 1 aromatic rings. The number of piperidine rings is 1. The second-order valence-corrected chi connectivity index (χ2v) is 6.44. The number of hydrogen-bond acceptors (Lipinski definition) is 4. The summed E-state index contributed by atoms with van der Waals surface area (Å²) in [5.74, 6) is 0. The molecule has 2 rings (SSSR count). The summed E-state index contributed by atoms with van der Waals surface area (Å²) >= 11 is 0. The minimum absolute atomic E-state index is 0.275. The second kappa shape index (κ2) is 6.43. The number of hydrogen-bond donors (Lipinski definition) is 1. The van der Waals surface area contributed by atoms with Crippen molar-refractivity contribution >= 4 is 6.09 Å². The molecule has 1 aliphatic heterocycles. The summed E-state index contributed by atoms with van der Waals surface area (Å²) in [5, 5.41) is 10.6. The number of nitrogens with zero attached hydrogens (tertiary/aromatic N) is 2. The number of aliphatic hydroxyl groups excluding tert-OH is 1. The first kappa shape index (κ1) is 15.8. The molecule has 0 spiro atoms. The summed E-state index contributed by atoms with van der Waals surface area (Å²) in [5.41, 5.74) is 0.0626. The molecule has 1 N–H and O–H groups in total. The van der Waals surface area contributed by atoms with Crippen LogP contribution in [-0.2, 0) is 4.74 Å². The average Bonchev–Trinajstić information content (AvgIpc) is 2.45. The highest BCUT2D eigenvalue weighted by molar-refractivity contribution is 5.68. The van der Waals surface area contributed by atoms with E-state index in [4.69, 9.17) is 4.74 Å². The molecule has 1 amide bonds. The highest BCUT2D eigenvalue weighted by Crippen LogP contribution is 2.29. The molecule has 5 heteroatoms. The zero-order valence-electron chi connectivity index (χ0n) is 13.0. The molecule has 21 heavy (non-hydrogen) atoms. The quantitative estimate of drug-likeness (QED) is 0.910. The number of ether oxygens (including phenoxy) is 1. The van der Waals surface area contributed by atoms with E-state index in [2.05, 4.69) is 4.98 Å². The van der Waals surface area contributed by atoms with Gasteiger partial charge in [-0.3, -0.25) is 4.98 Å². The van der Waals surface area contributed by atoms with Crippen LogP contribution in [0.25, 0.3) is 0 Å². The van der Waals surface area contributed by atoms with Gasteiger partial charge in [-0.25, -0.2) is 4.79 Å². The predicted octanol–water partition coefficient (Wildman–Crippen LogP) is 2.90. The van der Waals surface area contributed by atoms with E-state index in [0.717, 1.165) is 19.3 Å². The van der Waals surface area contributed by atoms with Gasteiger partial charge in [-0.1, -0.05) is 6.07 Å². The lowest BCUT2D eigenvalue weighted by atomic mass is 9.95. The van der Waals surface area contributed by atoms with Crippen LogP contribution in [0.5, 0.6) is 0 Å². The number of likely N-dealkylation sites (tertiary alicyclic amines) is 1. The van der Waals surface area contributed by atoms with Gasteiger partial charge in [0.05, 0.1) is 11.7 Å². The maximum absolute atomic E-state index is 12.3. The summed E-state index contributed by atoms with van der Waals surface area (Å²) in [6.07, 6.45) is 3.20. The van der Waals surface area contributed by atoms with E-state index in [1.54, 1.807) is 17.2 Å². The summed E-state index contributed by atoms with van der Waals surface area (Å²) in [4.78, 5) is 18.2. The van der Waals surface area contributed by atoms with Crippen LogP contribution < -0.4 is 0 Å². The Morgan fingerprint density at radius 1 is 1.43 bits per heavy atom. The Labute approximate surface area is 125 Å². The Bertz CT molecular complexity index is 470. The molecule has 1 saturated heterocycles. The number of amides is 1. The monoisotopic (exact) mass is 292 g/mol. The van der Waals surface area contributed by atoms with Gasteiger partial charge < -0.3 is 14.7 Å². The molecule has 5 nitrogen and oxygen atoms in total. The summed E-state index contributed by atoms with van der Waals surface area (Å²) in [7, 11) is 0. The Morgan fingerprint density at radius 2 is 2.19 bits per heavy atom. The highest BCUT2D eigenvalue weighted by atomic mass is 16.6. The first-order valence-corrected chi connectivity index (χ1v) is 7.47. The molecular weight excluding hydrogens is 268 g/mol. The van der Waals surface area contributed by atoms with Gasteiger partial charge in [-0.2, -0.15) is 0 Å². The van der Waals surface area contributed by atoms with Gasteiger partial charge >= 0.3 is 6.09 Å². The predicted molar refractivity (Wildman–Crippen MR) is 79.8 cm³/mol. The van der Waals surface area contributed by atoms with Gasteiger partial charge in [-0.15, -0.1) is 0 Å². The Hall–Kier alpha value is -1.62. The fourth-order valence-corrected chi connectivity index (χ4v) is 2.58. The SMILES string of the molecule is CC(C)(C)OC(=O)N1CCCCC1C(O)c1ccccn1. The van der Waals surface area contributed by atoms with Crippen molar-refractivity contribution in [2.24, 2.45) is 0 Å². The molecule has 0 bridgehead atoms. The van der Waals surface area contributed by atoms with Gasteiger partial charge in [0, 0.05) is 12.7 Å². The van der Waals surface area contributed by atoms with Crippen molar-refractivity contribution in [1.82, 2.24) is 9.88 Å². The number of carbonyl (C=O) groups excluding carboxylic acids is 1. The summed E-state index contributed by atoms with van der Waals surface area (Å²) in [6, 6.07) is 5.16. The third-order valence-corrected chi connectivity index (χ3v) is 3.53. The fraction of sp³-hybridized carbons (Fsp3) is 0.625. The molecule has 0 radical (unpaired) electrons. The van der Waals surface area contributed by atoms with Crippen molar-refractivity contribution in [3.63, 3.8) is 0 Å². The first-order chi connectivity index (χ1) is 9.88. The normalized spacial score (nSPS) is 21.0. The number of aromatic nitrogens is 1. The number of pyridine rings is 1. The Morgan fingerprint density at radius 3 is 2.81 bits per heavy atom. The van der Waals surface area contributed by atoms with Crippen molar-refractivity contribution in [3.8, 4) is 0 Å². The van der Waals surface area contributed by atoms with Crippen LogP contribution in [0.3, 0.4) is 0 Å². The highest BCUT2D eigenvalue weighted by Gasteiger charge is 2.35. The topological polar surface area (TPSA) is 62.7 Å². The largest absolute Gasteiger partial charge is 0.444 e. The number of aliphatic hydroxyl groups is 1. The van der Waals surface area contributed by atoms with E-state index in [1.807, 2.05) is 32.9 Å². The van der Waals surface area contributed by atoms with E-state index in [9.17, 15) is 9.90 Å². The van der Waals surface area contributed by atoms with Crippen LogP contribution in [0, 0.1) is 0 Å². The Balaban J connectivity index is 2.13. The van der Waals surface area contributed by atoms with E-state index in [-0.39, 0.29) is 12.1 Å². The van der Waals surface area contributed by atoms with E-state index in [0.29, 0.717) is 12.2 Å². The van der Waals surface area contributed by atoms with Gasteiger partial charge in [-0.05, 0) is 52.2 Å². The van der Waals surface area contributed by atoms with E-state index in [1.165, 1.54) is 0 Å². The molecule has 2 atom stereocenters. The number of carbonyl (C=O) groups is 1. The van der Waals surface area contributed by atoms with E-state index < -0.39 is 11.7 Å². The van der Waals surface area contributed by atoms with Crippen LogP contribution in [0.4, 0.5) is 4.79 Å². The summed E-state index contributed by atoms with van der Waals surface area (Å²) in [6.45, 7) is 6.15. The lowest BCUT2D eigenvalue weighted by Gasteiger charge is -2.38. The van der Waals surface area contributed by atoms with Gasteiger partial charge in [0.25, 0.3) is 0 Å². The standard InChI is InChI=1S/C16H24N2O3/c1-16(2,3)21-15(20)18-11-7-5-9-13(18)14(19)12-8-4-6-10-17-12/h4,6,8,10,13-14,19H,5,7,9,11H2,1-3H3. The van der Waals surface area contributed by atoms with Crippen LogP contribution >= 0.6 is 0 Å². The van der Waals surface area contributed by atoms with Crippen molar-refractivity contribution < 1.29 is 14.6 Å². The van der Waals surface area contributed by atoms with Crippen LogP contribution in [0.15, 0.2) is 24.4 Å². The van der Waals surface area contributed by atoms with Crippen molar-refractivity contribution in [2.45, 2.75) is 57.8 Å².